The van der Waals surface area contributed by atoms with E-state index < -0.39 is 35.0 Å². The lowest BCUT2D eigenvalue weighted by molar-refractivity contribution is 0.102. The van der Waals surface area contributed by atoms with Crippen molar-refractivity contribution in [2.45, 2.75) is 13.8 Å². The SMILES string of the molecule is Cc1ccc(C)c(NC(=O)c2cccc(C(=O)Nc3ccc(F)c(F)c3F)c2)c1. The third kappa shape index (κ3) is 4.45. The van der Waals surface area contributed by atoms with Crippen LogP contribution in [0.1, 0.15) is 31.8 Å². The normalized spacial score (nSPS) is 10.5. The van der Waals surface area contributed by atoms with Crippen molar-refractivity contribution in [1.29, 1.82) is 0 Å². The summed E-state index contributed by atoms with van der Waals surface area (Å²) in [4.78, 5) is 24.9. The summed E-state index contributed by atoms with van der Waals surface area (Å²) in [5.74, 6) is -5.72. The highest BCUT2D eigenvalue weighted by molar-refractivity contribution is 6.09. The minimum absolute atomic E-state index is 0.0581. The van der Waals surface area contributed by atoms with Gasteiger partial charge in [-0.15, -0.1) is 0 Å². The van der Waals surface area contributed by atoms with E-state index in [-0.39, 0.29) is 11.1 Å². The molecule has 2 amide bonds. The number of halogens is 3. The van der Waals surface area contributed by atoms with Crippen LogP contribution in [0.4, 0.5) is 24.5 Å². The summed E-state index contributed by atoms with van der Waals surface area (Å²) in [5.41, 5.74) is 2.28. The zero-order chi connectivity index (χ0) is 21.1. The van der Waals surface area contributed by atoms with E-state index in [0.29, 0.717) is 11.8 Å². The molecule has 0 saturated heterocycles. The molecule has 0 atom stereocenters. The van der Waals surface area contributed by atoms with Crippen LogP contribution in [-0.4, -0.2) is 11.8 Å². The van der Waals surface area contributed by atoms with E-state index in [0.717, 1.165) is 17.2 Å². The fraction of sp³-hybridized carbons (Fsp3) is 0.0909. The minimum atomic E-state index is -1.68. The fourth-order valence-corrected chi connectivity index (χ4v) is 2.68. The molecule has 2 N–H and O–H groups in total. The molecule has 0 aliphatic heterocycles. The first-order valence-electron chi connectivity index (χ1n) is 8.70. The summed E-state index contributed by atoms with van der Waals surface area (Å²) in [6, 6.07) is 13.0. The van der Waals surface area contributed by atoms with Crippen molar-refractivity contribution in [2.24, 2.45) is 0 Å². The maximum absolute atomic E-state index is 13.8. The van der Waals surface area contributed by atoms with Crippen molar-refractivity contribution in [3.05, 3.63) is 94.3 Å². The largest absolute Gasteiger partial charge is 0.322 e. The van der Waals surface area contributed by atoms with E-state index >= 15 is 0 Å². The standard InChI is InChI=1S/C22H17F3N2O2/c1-12-6-7-13(2)18(10-12)27-22(29)15-5-3-4-14(11-15)21(28)26-17-9-8-16(23)19(24)20(17)25/h3-11H,1-2H3,(H,26,28)(H,27,29). The molecule has 0 saturated carbocycles. The van der Waals surface area contributed by atoms with Crippen LogP contribution in [0.15, 0.2) is 54.6 Å². The van der Waals surface area contributed by atoms with Crippen molar-refractivity contribution in [3.63, 3.8) is 0 Å². The zero-order valence-electron chi connectivity index (χ0n) is 15.6. The molecule has 0 radical (unpaired) electrons. The monoisotopic (exact) mass is 398 g/mol. The Morgan fingerprint density at radius 3 is 2.00 bits per heavy atom. The van der Waals surface area contributed by atoms with Crippen LogP contribution >= 0.6 is 0 Å². The van der Waals surface area contributed by atoms with Gasteiger partial charge < -0.3 is 10.6 Å². The topological polar surface area (TPSA) is 58.2 Å². The minimum Gasteiger partial charge on any atom is -0.322 e. The molecule has 0 spiro atoms. The van der Waals surface area contributed by atoms with Gasteiger partial charge in [0.1, 0.15) is 0 Å². The van der Waals surface area contributed by atoms with Gasteiger partial charge in [0.05, 0.1) is 5.69 Å². The van der Waals surface area contributed by atoms with Crippen molar-refractivity contribution in [3.8, 4) is 0 Å². The smallest absolute Gasteiger partial charge is 0.255 e. The second-order valence-corrected chi connectivity index (χ2v) is 6.53. The molecule has 0 heterocycles. The summed E-state index contributed by atoms with van der Waals surface area (Å²) >= 11 is 0. The molecule has 4 nitrogen and oxygen atoms in total. The molecule has 3 rings (SSSR count). The van der Waals surface area contributed by atoms with Gasteiger partial charge in [-0.3, -0.25) is 9.59 Å². The van der Waals surface area contributed by atoms with E-state index in [4.69, 9.17) is 0 Å². The number of aryl methyl sites for hydroxylation is 2. The number of carbonyl (C=O) groups is 2. The maximum atomic E-state index is 13.8. The van der Waals surface area contributed by atoms with Crippen LogP contribution in [0.25, 0.3) is 0 Å². The van der Waals surface area contributed by atoms with Crippen LogP contribution in [0.3, 0.4) is 0 Å². The van der Waals surface area contributed by atoms with Crippen LogP contribution in [-0.2, 0) is 0 Å². The first kappa shape index (κ1) is 20.1. The number of nitrogens with one attached hydrogen (secondary N) is 2. The Kier molecular flexibility index (Phi) is 5.68. The fourth-order valence-electron chi connectivity index (χ4n) is 2.68. The molecule has 3 aromatic rings. The quantitative estimate of drug-likeness (QED) is 0.592. The van der Waals surface area contributed by atoms with Crippen molar-refractivity contribution >= 4 is 23.2 Å². The zero-order valence-corrected chi connectivity index (χ0v) is 15.6. The van der Waals surface area contributed by atoms with E-state index in [1.807, 2.05) is 32.0 Å². The van der Waals surface area contributed by atoms with Crippen LogP contribution in [0, 0.1) is 31.3 Å². The molecule has 0 unspecified atom stereocenters. The number of hydrogen-bond acceptors (Lipinski definition) is 2. The first-order valence-corrected chi connectivity index (χ1v) is 8.70. The predicted molar refractivity (Wildman–Crippen MR) is 105 cm³/mol. The van der Waals surface area contributed by atoms with Gasteiger partial charge in [-0.2, -0.15) is 0 Å². The van der Waals surface area contributed by atoms with Gasteiger partial charge in [-0.25, -0.2) is 13.2 Å². The molecule has 148 valence electrons. The molecule has 0 fully saturated rings. The third-order valence-corrected chi connectivity index (χ3v) is 4.31. The number of anilines is 2. The number of amides is 2. The molecule has 0 aliphatic carbocycles. The van der Waals surface area contributed by atoms with Crippen molar-refractivity contribution in [2.75, 3.05) is 10.6 Å². The lowest BCUT2D eigenvalue weighted by Crippen LogP contribution is -2.17. The van der Waals surface area contributed by atoms with Crippen LogP contribution < -0.4 is 10.6 Å². The number of benzene rings is 3. The highest BCUT2D eigenvalue weighted by atomic mass is 19.2. The highest BCUT2D eigenvalue weighted by Gasteiger charge is 2.17. The summed E-state index contributed by atoms with van der Waals surface area (Å²) < 4.78 is 40.1. The van der Waals surface area contributed by atoms with Gasteiger partial charge >= 0.3 is 0 Å². The van der Waals surface area contributed by atoms with Gasteiger partial charge in [0.2, 0.25) is 0 Å². The molecular formula is C22H17F3N2O2. The summed E-state index contributed by atoms with van der Waals surface area (Å²) in [5, 5.41) is 4.96. The Morgan fingerprint density at radius 2 is 1.34 bits per heavy atom. The molecule has 29 heavy (non-hydrogen) atoms. The molecule has 0 bridgehead atoms. The summed E-state index contributed by atoms with van der Waals surface area (Å²) in [6.45, 7) is 3.76. The first-order chi connectivity index (χ1) is 13.8. The van der Waals surface area contributed by atoms with Gasteiger partial charge in [-0.1, -0.05) is 18.2 Å². The third-order valence-electron chi connectivity index (χ3n) is 4.31. The molecule has 0 aromatic heterocycles. The second kappa shape index (κ2) is 8.18. The lowest BCUT2D eigenvalue weighted by Gasteiger charge is -2.11. The Balaban J connectivity index is 1.80. The Hall–Kier alpha value is -3.61. The van der Waals surface area contributed by atoms with Gasteiger partial charge in [0.25, 0.3) is 11.8 Å². The van der Waals surface area contributed by atoms with E-state index in [1.54, 1.807) is 0 Å². The van der Waals surface area contributed by atoms with Gasteiger partial charge in [-0.05, 0) is 61.4 Å². The Labute approximate surface area is 165 Å². The Morgan fingerprint density at radius 1 is 0.724 bits per heavy atom. The molecule has 0 aliphatic rings. The number of carbonyl (C=O) groups excluding carboxylic acids is 2. The van der Waals surface area contributed by atoms with Crippen LogP contribution in [0.2, 0.25) is 0 Å². The predicted octanol–water partition coefficient (Wildman–Crippen LogP) is 5.23. The van der Waals surface area contributed by atoms with E-state index in [2.05, 4.69) is 10.6 Å². The average molecular weight is 398 g/mol. The summed E-state index contributed by atoms with van der Waals surface area (Å²) in [6.07, 6.45) is 0. The molecular weight excluding hydrogens is 381 g/mol. The van der Waals surface area contributed by atoms with Crippen molar-refractivity contribution < 1.29 is 22.8 Å². The average Bonchev–Trinajstić information content (AvgIpc) is 2.71. The summed E-state index contributed by atoms with van der Waals surface area (Å²) in [7, 11) is 0. The number of hydrogen-bond donors (Lipinski definition) is 2. The lowest BCUT2D eigenvalue weighted by atomic mass is 10.1. The molecule has 3 aromatic carbocycles. The maximum Gasteiger partial charge on any atom is 0.255 e. The van der Waals surface area contributed by atoms with Gasteiger partial charge in [0.15, 0.2) is 17.5 Å². The van der Waals surface area contributed by atoms with E-state index in [1.165, 1.54) is 24.3 Å². The molecule has 7 heteroatoms. The van der Waals surface area contributed by atoms with Crippen molar-refractivity contribution in [1.82, 2.24) is 0 Å². The van der Waals surface area contributed by atoms with Gasteiger partial charge in [0, 0.05) is 16.8 Å². The number of rotatable bonds is 4. The van der Waals surface area contributed by atoms with E-state index in [9.17, 15) is 22.8 Å². The Bertz CT molecular complexity index is 1110. The second-order valence-electron chi connectivity index (χ2n) is 6.53. The van der Waals surface area contributed by atoms with Crippen LogP contribution in [0.5, 0.6) is 0 Å². The highest BCUT2D eigenvalue weighted by Crippen LogP contribution is 2.21.